The summed E-state index contributed by atoms with van der Waals surface area (Å²) in [6.07, 6.45) is 8.35. The van der Waals surface area contributed by atoms with Gasteiger partial charge in [0, 0.05) is 6.04 Å². The highest BCUT2D eigenvalue weighted by Gasteiger charge is 2.26. The van der Waals surface area contributed by atoms with E-state index in [1.165, 1.54) is 32.1 Å². The van der Waals surface area contributed by atoms with Crippen molar-refractivity contribution >= 4 is 5.91 Å². The molecule has 1 saturated heterocycles. The Hall–Kier alpha value is -1.43. The zero-order valence-electron chi connectivity index (χ0n) is 12.6. The number of nitrogens with one attached hydrogen (secondary N) is 2. The fourth-order valence-corrected chi connectivity index (χ4v) is 3.39. The van der Waals surface area contributed by atoms with Crippen molar-refractivity contribution < 1.29 is 9.32 Å². The van der Waals surface area contributed by atoms with Crippen LogP contribution in [0.5, 0.6) is 0 Å². The van der Waals surface area contributed by atoms with Gasteiger partial charge >= 0.3 is 0 Å². The Labute approximate surface area is 125 Å². The quantitative estimate of drug-likeness (QED) is 0.889. The SMILES string of the molecule is C[C@H](NC(=O)c1noc(C2CCCN2)n1)C1CCCCC1. The van der Waals surface area contributed by atoms with Gasteiger partial charge in [0.25, 0.3) is 11.7 Å². The van der Waals surface area contributed by atoms with Crippen molar-refractivity contribution in [3.63, 3.8) is 0 Å². The Kier molecular flexibility index (Phi) is 4.53. The summed E-state index contributed by atoms with van der Waals surface area (Å²) in [4.78, 5) is 16.4. The van der Waals surface area contributed by atoms with Crippen molar-refractivity contribution in [2.24, 2.45) is 5.92 Å². The first-order chi connectivity index (χ1) is 10.2. The molecule has 1 aliphatic carbocycles. The summed E-state index contributed by atoms with van der Waals surface area (Å²) < 4.78 is 5.21. The minimum atomic E-state index is -0.221. The highest BCUT2D eigenvalue weighted by atomic mass is 16.5. The molecule has 2 aliphatic rings. The van der Waals surface area contributed by atoms with Gasteiger partial charge in [-0.1, -0.05) is 24.4 Å². The second-order valence-corrected chi connectivity index (χ2v) is 6.27. The van der Waals surface area contributed by atoms with Gasteiger partial charge in [0.15, 0.2) is 0 Å². The molecule has 2 fully saturated rings. The summed E-state index contributed by atoms with van der Waals surface area (Å²) in [5.74, 6) is 1.04. The Balaban J connectivity index is 1.57. The van der Waals surface area contributed by atoms with Crippen LogP contribution in [0.4, 0.5) is 0 Å². The van der Waals surface area contributed by atoms with E-state index in [1.807, 2.05) is 0 Å². The molecule has 2 N–H and O–H groups in total. The van der Waals surface area contributed by atoms with Crippen LogP contribution in [-0.2, 0) is 0 Å². The van der Waals surface area contributed by atoms with Crippen LogP contribution in [-0.4, -0.2) is 28.6 Å². The van der Waals surface area contributed by atoms with Crippen LogP contribution < -0.4 is 10.6 Å². The third kappa shape index (κ3) is 3.43. The molecule has 116 valence electrons. The fraction of sp³-hybridized carbons (Fsp3) is 0.800. The third-order valence-corrected chi connectivity index (χ3v) is 4.72. The van der Waals surface area contributed by atoms with Crippen LogP contribution in [0.1, 0.15) is 74.4 Å². The number of hydrogen-bond acceptors (Lipinski definition) is 5. The second kappa shape index (κ2) is 6.56. The molecule has 1 unspecified atom stereocenters. The van der Waals surface area contributed by atoms with E-state index in [2.05, 4.69) is 27.7 Å². The smallest absolute Gasteiger partial charge is 0.292 e. The van der Waals surface area contributed by atoms with E-state index < -0.39 is 0 Å². The maximum atomic E-state index is 12.2. The first kappa shape index (κ1) is 14.5. The van der Waals surface area contributed by atoms with E-state index in [1.54, 1.807) is 0 Å². The van der Waals surface area contributed by atoms with Crippen molar-refractivity contribution in [1.29, 1.82) is 0 Å². The summed E-state index contributed by atoms with van der Waals surface area (Å²) in [5, 5.41) is 10.1. The summed E-state index contributed by atoms with van der Waals surface area (Å²) >= 11 is 0. The molecule has 2 heterocycles. The van der Waals surface area contributed by atoms with Gasteiger partial charge in [-0.2, -0.15) is 4.98 Å². The molecule has 1 aromatic rings. The average molecular weight is 292 g/mol. The minimum absolute atomic E-state index is 0.106. The standard InChI is InChI=1S/C15H24N4O2/c1-10(11-6-3-2-4-7-11)17-14(20)13-18-15(21-19-13)12-8-5-9-16-12/h10-12,16H,2-9H2,1H3,(H,17,20)/t10-,12?/m0/s1. The monoisotopic (exact) mass is 292 g/mol. The summed E-state index contributed by atoms with van der Waals surface area (Å²) in [6.45, 7) is 3.04. The van der Waals surface area contributed by atoms with Gasteiger partial charge in [0.05, 0.1) is 6.04 Å². The summed E-state index contributed by atoms with van der Waals surface area (Å²) in [5.41, 5.74) is 0. The molecule has 1 aromatic heterocycles. The molecule has 3 rings (SSSR count). The van der Waals surface area contributed by atoms with Crippen molar-refractivity contribution in [2.45, 2.75) is 64.0 Å². The Morgan fingerprint density at radius 2 is 2.10 bits per heavy atom. The number of aromatic nitrogens is 2. The number of hydrogen-bond donors (Lipinski definition) is 2. The molecular formula is C15H24N4O2. The first-order valence-corrected chi connectivity index (χ1v) is 8.12. The lowest BCUT2D eigenvalue weighted by atomic mass is 9.84. The van der Waals surface area contributed by atoms with Crippen LogP contribution >= 0.6 is 0 Å². The lowest BCUT2D eigenvalue weighted by Gasteiger charge is -2.27. The van der Waals surface area contributed by atoms with Crippen molar-refractivity contribution in [3.05, 3.63) is 11.7 Å². The Morgan fingerprint density at radius 1 is 1.29 bits per heavy atom. The second-order valence-electron chi connectivity index (χ2n) is 6.27. The number of nitrogens with zero attached hydrogens (tertiary/aromatic N) is 2. The molecule has 6 heteroatoms. The van der Waals surface area contributed by atoms with E-state index in [0.717, 1.165) is 19.4 Å². The van der Waals surface area contributed by atoms with Crippen LogP contribution in [0.25, 0.3) is 0 Å². The minimum Gasteiger partial charge on any atom is -0.346 e. The zero-order chi connectivity index (χ0) is 14.7. The molecule has 0 bridgehead atoms. The number of carbonyl (C=O) groups excluding carboxylic acids is 1. The predicted octanol–water partition coefficient (Wildman–Crippen LogP) is 2.19. The third-order valence-electron chi connectivity index (χ3n) is 4.72. The lowest BCUT2D eigenvalue weighted by Crippen LogP contribution is -2.39. The maximum Gasteiger partial charge on any atom is 0.292 e. The largest absolute Gasteiger partial charge is 0.346 e. The highest BCUT2D eigenvalue weighted by molar-refractivity contribution is 5.90. The van der Waals surface area contributed by atoms with Crippen LogP contribution in [0, 0.1) is 5.92 Å². The summed E-state index contributed by atoms with van der Waals surface area (Å²) in [6, 6.07) is 0.277. The van der Waals surface area contributed by atoms with Gasteiger partial charge in [-0.15, -0.1) is 0 Å². The number of rotatable bonds is 4. The predicted molar refractivity (Wildman–Crippen MR) is 77.8 cm³/mol. The molecular weight excluding hydrogens is 268 g/mol. The van der Waals surface area contributed by atoms with Gasteiger partial charge in [-0.3, -0.25) is 4.79 Å². The van der Waals surface area contributed by atoms with Gasteiger partial charge in [-0.25, -0.2) is 0 Å². The molecule has 1 amide bonds. The topological polar surface area (TPSA) is 80.0 Å². The number of amides is 1. The Morgan fingerprint density at radius 3 is 2.81 bits per heavy atom. The van der Waals surface area contributed by atoms with Gasteiger partial charge in [-0.05, 0) is 45.1 Å². The lowest BCUT2D eigenvalue weighted by molar-refractivity contribution is 0.0905. The van der Waals surface area contributed by atoms with Gasteiger partial charge < -0.3 is 15.2 Å². The average Bonchev–Trinajstić information content (AvgIpc) is 3.19. The van der Waals surface area contributed by atoms with Crippen LogP contribution in [0.2, 0.25) is 0 Å². The Bertz CT molecular complexity index is 476. The molecule has 2 atom stereocenters. The molecule has 21 heavy (non-hydrogen) atoms. The normalized spacial score (nSPS) is 24.9. The van der Waals surface area contributed by atoms with Crippen molar-refractivity contribution in [3.8, 4) is 0 Å². The zero-order valence-corrected chi connectivity index (χ0v) is 12.6. The van der Waals surface area contributed by atoms with Crippen LogP contribution in [0.3, 0.4) is 0 Å². The molecule has 1 aliphatic heterocycles. The number of carbonyl (C=O) groups is 1. The van der Waals surface area contributed by atoms with E-state index in [9.17, 15) is 4.79 Å². The molecule has 1 saturated carbocycles. The maximum absolute atomic E-state index is 12.2. The molecule has 0 spiro atoms. The van der Waals surface area contributed by atoms with Gasteiger partial charge in [0.2, 0.25) is 5.89 Å². The first-order valence-electron chi connectivity index (χ1n) is 8.12. The molecule has 6 nitrogen and oxygen atoms in total. The molecule has 0 aromatic carbocycles. The fourth-order valence-electron chi connectivity index (χ4n) is 3.39. The van der Waals surface area contributed by atoms with E-state index in [0.29, 0.717) is 11.8 Å². The van der Waals surface area contributed by atoms with E-state index >= 15 is 0 Å². The van der Waals surface area contributed by atoms with Crippen molar-refractivity contribution in [2.75, 3.05) is 6.54 Å². The molecule has 0 radical (unpaired) electrons. The van der Waals surface area contributed by atoms with E-state index in [4.69, 9.17) is 4.52 Å². The van der Waals surface area contributed by atoms with Crippen molar-refractivity contribution in [1.82, 2.24) is 20.8 Å². The highest BCUT2D eigenvalue weighted by Crippen LogP contribution is 2.26. The van der Waals surface area contributed by atoms with Gasteiger partial charge in [0.1, 0.15) is 0 Å². The summed E-state index contributed by atoms with van der Waals surface area (Å²) in [7, 11) is 0. The van der Waals surface area contributed by atoms with E-state index in [-0.39, 0.29) is 23.8 Å². The van der Waals surface area contributed by atoms with Crippen LogP contribution in [0.15, 0.2) is 4.52 Å².